The lowest BCUT2D eigenvalue weighted by atomic mass is 10.2. The number of imidazole rings is 1. The Bertz CT molecular complexity index is 633. The monoisotopic (exact) mass is 333 g/mol. The minimum Gasteiger partial charge on any atom is -0.396 e. The van der Waals surface area contributed by atoms with Crippen molar-refractivity contribution in [1.82, 2.24) is 14.3 Å². The number of halogens is 3. The molecular weight excluding hydrogens is 315 g/mol. The Kier molecular flexibility index (Phi) is 4.42. The van der Waals surface area contributed by atoms with E-state index < -0.39 is 12.7 Å². The summed E-state index contributed by atoms with van der Waals surface area (Å²) < 4.78 is 40.2. The Morgan fingerprint density at radius 3 is 2.82 bits per heavy atom. The van der Waals surface area contributed by atoms with Gasteiger partial charge < -0.3 is 5.11 Å². The van der Waals surface area contributed by atoms with Gasteiger partial charge in [-0.1, -0.05) is 0 Å². The normalized spacial score (nSPS) is 16.0. The van der Waals surface area contributed by atoms with E-state index in [2.05, 4.69) is 4.98 Å². The van der Waals surface area contributed by atoms with Gasteiger partial charge in [0.2, 0.25) is 0 Å². The standard InChI is InChI=1S/C14H18F3N3OS/c15-14(16,17)9-19(4-1-6-21)8-11-12(10-2-3-10)18-13-20(11)5-7-22-13/h5,7,10,21H,1-4,6,8-9H2. The molecule has 1 aliphatic carbocycles. The number of hydrogen-bond acceptors (Lipinski definition) is 4. The number of aliphatic hydroxyl groups excluding tert-OH is 1. The van der Waals surface area contributed by atoms with E-state index in [9.17, 15) is 13.2 Å². The average molecular weight is 333 g/mol. The fraction of sp³-hybridized carbons (Fsp3) is 0.643. The van der Waals surface area contributed by atoms with Crippen molar-refractivity contribution in [3.63, 3.8) is 0 Å². The van der Waals surface area contributed by atoms with Gasteiger partial charge >= 0.3 is 6.18 Å². The van der Waals surface area contributed by atoms with Gasteiger partial charge in [0.15, 0.2) is 4.96 Å². The molecule has 0 bridgehead atoms. The Labute approximate surface area is 130 Å². The summed E-state index contributed by atoms with van der Waals surface area (Å²) in [6.45, 7) is -0.640. The summed E-state index contributed by atoms with van der Waals surface area (Å²) in [5, 5.41) is 10.8. The fourth-order valence-corrected chi connectivity index (χ4v) is 3.40. The smallest absolute Gasteiger partial charge is 0.396 e. The van der Waals surface area contributed by atoms with Crippen molar-refractivity contribution in [2.24, 2.45) is 0 Å². The van der Waals surface area contributed by atoms with E-state index in [1.165, 1.54) is 16.2 Å². The van der Waals surface area contributed by atoms with Crippen molar-refractivity contribution in [1.29, 1.82) is 0 Å². The molecule has 4 nitrogen and oxygen atoms in total. The molecule has 1 aliphatic rings. The molecule has 1 saturated carbocycles. The number of fused-ring (bicyclic) bond motifs is 1. The highest BCUT2D eigenvalue weighted by Crippen LogP contribution is 2.42. The Balaban J connectivity index is 1.84. The van der Waals surface area contributed by atoms with Gasteiger partial charge in [-0.3, -0.25) is 9.30 Å². The Morgan fingerprint density at radius 2 is 2.18 bits per heavy atom. The van der Waals surface area contributed by atoms with Crippen LogP contribution in [0.4, 0.5) is 13.2 Å². The minimum atomic E-state index is -4.24. The molecule has 2 aromatic heterocycles. The second-order valence-corrected chi connectivity index (χ2v) is 6.55. The molecule has 2 aromatic rings. The van der Waals surface area contributed by atoms with Gasteiger partial charge in [-0.05, 0) is 19.3 Å². The quantitative estimate of drug-likeness (QED) is 0.847. The van der Waals surface area contributed by atoms with E-state index in [1.54, 1.807) is 0 Å². The highest BCUT2D eigenvalue weighted by Gasteiger charge is 2.34. The van der Waals surface area contributed by atoms with Crippen LogP contribution in [0.2, 0.25) is 0 Å². The molecule has 2 heterocycles. The van der Waals surface area contributed by atoms with Gasteiger partial charge in [0.1, 0.15) is 0 Å². The zero-order valence-electron chi connectivity index (χ0n) is 12.0. The van der Waals surface area contributed by atoms with Gasteiger partial charge in [-0.2, -0.15) is 13.2 Å². The van der Waals surface area contributed by atoms with Crippen LogP contribution in [0.25, 0.3) is 4.96 Å². The summed E-state index contributed by atoms with van der Waals surface area (Å²) in [4.78, 5) is 6.78. The molecule has 0 radical (unpaired) electrons. The van der Waals surface area contributed by atoms with Crippen LogP contribution in [-0.2, 0) is 6.54 Å². The van der Waals surface area contributed by atoms with Crippen molar-refractivity contribution in [2.45, 2.75) is 37.9 Å². The predicted molar refractivity (Wildman–Crippen MR) is 78.1 cm³/mol. The van der Waals surface area contributed by atoms with Gasteiger partial charge in [0.05, 0.1) is 17.9 Å². The number of thiazole rings is 1. The first-order chi connectivity index (χ1) is 10.5. The van der Waals surface area contributed by atoms with Crippen LogP contribution in [0, 0.1) is 0 Å². The maximum absolute atomic E-state index is 12.8. The third-order valence-corrected chi connectivity index (χ3v) is 4.52. The van der Waals surface area contributed by atoms with Crippen LogP contribution in [0.15, 0.2) is 11.6 Å². The van der Waals surface area contributed by atoms with Crippen molar-refractivity contribution in [3.8, 4) is 0 Å². The first kappa shape index (κ1) is 15.8. The van der Waals surface area contributed by atoms with Crippen molar-refractivity contribution >= 4 is 16.3 Å². The summed E-state index contributed by atoms with van der Waals surface area (Å²) in [5.74, 6) is 0.396. The largest absolute Gasteiger partial charge is 0.401 e. The lowest BCUT2D eigenvalue weighted by Crippen LogP contribution is -2.35. The Morgan fingerprint density at radius 1 is 1.41 bits per heavy atom. The summed E-state index contributed by atoms with van der Waals surface area (Å²) in [6.07, 6.45) is 0.0849. The summed E-state index contributed by atoms with van der Waals surface area (Å²) >= 11 is 1.50. The lowest BCUT2D eigenvalue weighted by Gasteiger charge is -2.23. The van der Waals surface area contributed by atoms with Gasteiger partial charge in [-0.15, -0.1) is 11.3 Å². The number of aliphatic hydroxyl groups is 1. The highest BCUT2D eigenvalue weighted by atomic mass is 32.1. The van der Waals surface area contributed by atoms with E-state index in [4.69, 9.17) is 5.11 Å². The van der Waals surface area contributed by atoms with Crippen molar-refractivity contribution in [3.05, 3.63) is 23.0 Å². The molecule has 8 heteroatoms. The lowest BCUT2D eigenvalue weighted by molar-refractivity contribution is -0.147. The number of rotatable bonds is 7. The van der Waals surface area contributed by atoms with Crippen LogP contribution < -0.4 is 0 Å². The van der Waals surface area contributed by atoms with Crippen LogP contribution in [-0.4, -0.2) is 45.3 Å². The van der Waals surface area contributed by atoms with Crippen LogP contribution >= 0.6 is 11.3 Å². The third kappa shape index (κ3) is 3.61. The van der Waals surface area contributed by atoms with Gasteiger partial charge in [-0.25, -0.2) is 4.98 Å². The topological polar surface area (TPSA) is 40.8 Å². The second-order valence-electron chi connectivity index (χ2n) is 5.68. The molecular formula is C14H18F3N3OS. The molecule has 1 N–H and O–H groups in total. The van der Waals surface area contributed by atoms with E-state index in [1.807, 2.05) is 16.0 Å². The number of nitrogens with zero attached hydrogens (tertiary/aromatic N) is 3. The zero-order chi connectivity index (χ0) is 15.7. The molecule has 1 fully saturated rings. The van der Waals surface area contributed by atoms with E-state index >= 15 is 0 Å². The summed E-state index contributed by atoms with van der Waals surface area (Å²) in [7, 11) is 0. The zero-order valence-corrected chi connectivity index (χ0v) is 12.8. The van der Waals surface area contributed by atoms with Crippen LogP contribution in [0.3, 0.4) is 0 Å². The highest BCUT2D eigenvalue weighted by molar-refractivity contribution is 7.15. The van der Waals surface area contributed by atoms with Gasteiger partial charge in [0, 0.05) is 37.2 Å². The molecule has 0 atom stereocenters. The van der Waals surface area contributed by atoms with E-state index in [-0.39, 0.29) is 19.7 Å². The maximum atomic E-state index is 12.8. The Hall–Kier alpha value is -1.12. The summed E-state index contributed by atoms with van der Waals surface area (Å²) in [6, 6.07) is 0. The first-order valence-corrected chi connectivity index (χ1v) is 8.20. The van der Waals surface area contributed by atoms with Crippen molar-refractivity contribution < 1.29 is 18.3 Å². The first-order valence-electron chi connectivity index (χ1n) is 7.32. The number of alkyl halides is 3. The third-order valence-electron chi connectivity index (χ3n) is 3.76. The molecule has 122 valence electrons. The molecule has 0 unspecified atom stereocenters. The molecule has 22 heavy (non-hydrogen) atoms. The molecule has 0 amide bonds. The molecule has 0 saturated heterocycles. The van der Waals surface area contributed by atoms with Crippen LogP contribution in [0.5, 0.6) is 0 Å². The maximum Gasteiger partial charge on any atom is 0.401 e. The average Bonchev–Trinajstić information content (AvgIpc) is 3.07. The SMILES string of the molecule is OCCCN(Cc1c(C2CC2)nc2sccn12)CC(F)(F)F. The van der Waals surface area contributed by atoms with Crippen molar-refractivity contribution in [2.75, 3.05) is 19.7 Å². The molecule has 0 aromatic carbocycles. The predicted octanol–water partition coefficient (Wildman–Crippen LogP) is 3.02. The number of aromatic nitrogens is 2. The second kappa shape index (κ2) is 6.17. The molecule has 0 aliphatic heterocycles. The molecule has 0 spiro atoms. The van der Waals surface area contributed by atoms with Crippen LogP contribution in [0.1, 0.15) is 36.6 Å². The molecule has 3 rings (SSSR count). The fourth-order valence-electron chi connectivity index (χ4n) is 2.66. The minimum absolute atomic E-state index is 0.107. The van der Waals surface area contributed by atoms with E-state index in [0.717, 1.165) is 29.2 Å². The number of hydrogen-bond donors (Lipinski definition) is 1. The van der Waals surface area contributed by atoms with Gasteiger partial charge in [0.25, 0.3) is 0 Å². The summed E-state index contributed by atoms with van der Waals surface area (Å²) in [5.41, 5.74) is 1.81. The van der Waals surface area contributed by atoms with E-state index in [0.29, 0.717) is 12.3 Å².